The predicted octanol–water partition coefficient (Wildman–Crippen LogP) is 2.80. The highest BCUT2D eigenvalue weighted by Crippen LogP contribution is 2.43. The molecule has 1 saturated heterocycles. The molecule has 3 unspecified atom stereocenters. The minimum atomic E-state index is 0.442. The zero-order valence-electron chi connectivity index (χ0n) is 11.4. The van der Waals surface area contributed by atoms with Gasteiger partial charge in [0.1, 0.15) is 5.82 Å². The highest BCUT2D eigenvalue weighted by molar-refractivity contribution is 8.07. The molecule has 5 heteroatoms. The highest BCUT2D eigenvalue weighted by Gasteiger charge is 2.28. The molecule has 3 atom stereocenters. The SMILES string of the molecule is CNCc1nc(C2CSC(C)C(C)S2)ncc1C. The van der Waals surface area contributed by atoms with E-state index in [1.165, 1.54) is 5.56 Å². The Kier molecular flexibility index (Phi) is 4.92. The number of hydrogen-bond acceptors (Lipinski definition) is 5. The smallest absolute Gasteiger partial charge is 0.142 e. The van der Waals surface area contributed by atoms with Gasteiger partial charge < -0.3 is 5.32 Å². The lowest BCUT2D eigenvalue weighted by atomic mass is 10.2. The van der Waals surface area contributed by atoms with Crippen LogP contribution in [0.1, 0.15) is 36.2 Å². The number of nitrogens with one attached hydrogen (secondary N) is 1. The fourth-order valence-corrected chi connectivity index (χ4v) is 4.76. The molecule has 18 heavy (non-hydrogen) atoms. The lowest BCUT2D eigenvalue weighted by molar-refractivity contribution is 0.755. The van der Waals surface area contributed by atoms with Crippen molar-refractivity contribution in [2.24, 2.45) is 0 Å². The van der Waals surface area contributed by atoms with Crippen LogP contribution in [0, 0.1) is 6.92 Å². The summed E-state index contributed by atoms with van der Waals surface area (Å²) in [5.74, 6) is 2.13. The first-order valence-electron chi connectivity index (χ1n) is 6.36. The van der Waals surface area contributed by atoms with Crippen LogP contribution in [0.25, 0.3) is 0 Å². The van der Waals surface area contributed by atoms with Gasteiger partial charge in [0.25, 0.3) is 0 Å². The van der Waals surface area contributed by atoms with Gasteiger partial charge in [-0.2, -0.15) is 11.8 Å². The fraction of sp³-hybridized carbons (Fsp3) is 0.692. The zero-order chi connectivity index (χ0) is 13.1. The van der Waals surface area contributed by atoms with Crippen LogP contribution in [0.4, 0.5) is 0 Å². The van der Waals surface area contributed by atoms with Gasteiger partial charge in [-0.3, -0.25) is 0 Å². The van der Waals surface area contributed by atoms with Crippen molar-refractivity contribution in [3.05, 3.63) is 23.3 Å². The van der Waals surface area contributed by atoms with Gasteiger partial charge in [-0.05, 0) is 19.5 Å². The second-order valence-electron chi connectivity index (χ2n) is 4.76. The molecule has 0 amide bonds. The Morgan fingerprint density at radius 1 is 1.39 bits per heavy atom. The summed E-state index contributed by atoms with van der Waals surface area (Å²) in [5.41, 5.74) is 2.29. The molecule has 1 aromatic rings. The van der Waals surface area contributed by atoms with Gasteiger partial charge >= 0.3 is 0 Å². The maximum absolute atomic E-state index is 4.74. The van der Waals surface area contributed by atoms with Gasteiger partial charge in [0.05, 0.1) is 10.9 Å². The van der Waals surface area contributed by atoms with Gasteiger partial charge in [0.2, 0.25) is 0 Å². The quantitative estimate of drug-likeness (QED) is 0.923. The van der Waals surface area contributed by atoms with Gasteiger partial charge in [-0.1, -0.05) is 13.8 Å². The molecule has 0 aliphatic carbocycles. The van der Waals surface area contributed by atoms with Crippen molar-refractivity contribution in [3.63, 3.8) is 0 Å². The van der Waals surface area contributed by atoms with E-state index >= 15 is 0 Å². The number of nitrogens with zero attached hydrogens (tertiary/aromatic N) is 2. The van der Waals surface area contributed by atoms with E-state index in [0.717, 1.165) is 29.1 Å². The minimum absolute atomic E-state index is 0.442. The second kappa shape index (κ2) is 6.26. The van der Waals surface area contributed by atoms with E-state index in [1.54, 1.807) is 0 Å². The maximum Gasteiger partial charge on any atom is 0.142 e. The molecule has 2 rings (SSSR count). The van der Waals surface area contributed by atoms with Crippen LogP contribution < -0.4 is 5.32 Å². The molecule has 0 spiro atoms. The van der Waals surface area contributed by atoms with Crippen molar-refractivity contribution in [2.45, 2.75) is 43.1 Å². The number of aryl methyl sites for hydroxylation is 1. The summed E-state index contributed by atoms with van der Waals surface area (Å²) < 4.78 is 0. The van der Waals surface area contributed by atoms with E-state index in [1.807, 2.05) is 36.8 Å². The average Bonchev–Trinajstić information content (AvgIpc) is 2.36. The third kappa shape index (κ3) is 3.19. The maximum atomic E-state index is 4.74. The first kappa shape index (κ1) is 14.2. The van der Waals surface area contributed by atoms with E-state index in [9.17, 15) is 0 Å². The number of hydrogen-bond donors (Lipinski definition) is 1. The molecular weight excluding hydrogens is 262 g/mol. The van der Waals surface area contributed by atoms with Gasteiger partial charge in [-0.25, -0.2) is 9.97 Å². The molecule has 0 radical (unpaired) electrons. The molecule has 3 nitrogen and oxygen atoms in total. The largest absolute Gasteiger partial charge is 0.314 e. The van der Waals surface area contributed by atoms with Gasteiger partial charge in [-0.15, -0.1) is 11.8 Å². The van der Waals surface area contributed by atoms with Crippen LogP contribution in [0.5, 0.6) is 0 Å². The number of thioether (sulfide) groups is 2. The summed E-state index contributed by atoms with van der Waals surface area (Å²) in [4.78, 5) is 9.27. The van der Waals surface area contributed by atoms with Gasteiger partial charge in [0, 0.05) is 29.0 Å². The summed E-state index contributed by atoms with van der Waals surface area (Å²) in [6.07, 6.45) is 1.96. The van der Waals surface area contributed by atoms with Crippen LogP contribution in [0.3, 0.4) is 0 Å². The minimum Gasteiger partial charge on any atom is -0.314 e. The van der Waals surface area contributed by atoms with Crippen LogP contribution in [-0.2, 0) is 6.54 Å². The summed E-state index contributed by atoms with van der Waals surface area (Å²) in [7, 11) is 1.95. The first-order chi connectivity index (χ1) is 8.61. The molecule has 1 aliphatic heterocycles. The van der Waals surface area contributed by atoms with E-state index in [-0.39, 0.29) is 0 Å². The van der Waals surface area contributed by atoms with E-state index in [0.29, 0.717) is 10.5 Å². The Bertz CT molecular complexity index is 411. The Morgan fingerprint density at radius 2 is 2.17 bits per heavy atom. The zero-order valence-corrected chi connectivity index (χ0v) is 13.1. The van der Waals surface area contributed by atoms with Crippen molar-refractivity contribution in [1.29, 1.82) is 0 Å². The van der Waals surface area contributed by atoms with E-state index in [4.69, 9.17) is 4.98 Å². The monoisotopic (exact) mass is 283 g/mol. The Labute approximate surface area is 118 Å². The average molecular weight is 283 g/mol. The molecule has 1 aliphatic rings. The molecule has 2 heterocycles. The van der Waals surface area contributed by atoms with Crippen LogP contribution in [-0.4, -0.2) is 33.3 Å². The summed E-state index contributed by atoms with van der Waals surface area (Å²) >= 11 is 4.05. The third-order valence-corrected chi connectivity index (χ3v) is 6.66. The molecule has 1 aromatic heterocycles. The van der Waals surface area contributed by atoms with Crippen molar-refractivity contribution in [3.8, 4) is 0 Å². The van der Waals surface area contributed by atoms with E-state index < -0.39 is 0 Å². The second-order valence-corrected chi connectivity index (χ2v) is 7.75. The molecule has 1 fully saturated rings. The lowest BCUT2D eigenvalue weighted by Gasteiger charge is -2.30. The topological polar surface area (TPSA) is 37.8 Å². The van der Waals surface area contributed by atoms with Crippen molar-refractivity contribution < 1.29 is 0 Å². The Balaban J connectivity index is 2.15. The first-order valence-corrected chi connectivity index (χ1v) is 8.35. The van der Waals surface area contributed by atoms with Crippen LogP contribution >= 0.6 is 23.5 Å². The molecule has 1 N–H and O–H groups in total. The standard InChI is InChI=1S/C13H21N3S2/c1-8-5-15-13(16-11(8)6-14-4)12-7-17-9(2)10(3)18-12/h5,9-10,12,14H,6-7H2,1-4H3. The van der Waals surface area contributed by atoms with Crippen molar-refractivity contribution in [1.82, 2.24) is 15.3 Å². The molecule has 100 valence electrons. The van der Waals surface area contributed by atoms with E-state index in [2.05, 4.69) is 31.1 Å². The Morgan fingerprint density at radius 3 is 2.83 bits per heavy atom. The molecule has 0 saturated carbocycles. The number of rotatable bonds is 3. The molecule has 0 bridgehead atoms. The third-order valence-electron chi connectivity index (χ3n) is 3.28. The normalized spacial score (nSPS) is 28.3. The van der Waals surface area contributed by atoms with Crippen LogP contribution in [0.15, 0.2) is 6.20 Å². The predicted molar refractivity (Wildman–Crippen MR) is 81.2 cm³/mol. The summed E-state index contributed by atoms with van der Waals surface area (Å²) in [5, 5.41) is 5.01. The summed E-state index contributed by atoms with van der Waals surface area (Å²) in [6.45, 7) is 7.50. The van der Waals surface area contributed by atoms with Gasteiger partial charge in [0.15, 0.2) is 0 Å². The highest BCUT2D eigenvalue weighted by atomic mass is 32.2. The van der Waals surface area contributed by atoms with Crippen molar-refractivity contribution in [2.75, 3.05) is 12.8 Å². The summed E-state index contributed by atoms with van der Waals surface area (Å²) in [6, 6.07) is 0. The fourth-order valence-electron chi connectivity index (χ4n) is 1.91. The number of aromatic nitrogens is 2. The van der Waals surface area contributed by atoms with Crippen molar-refractivity contribution >= 4 is 23.5 Å². The van der Waals surface area contributed by atoms with Crippen LogP contribution in [0.2, 0.25) is 0 Å². The molecular formula is C13H21N3S2. The lowest BCUT2D eigenvalue weighted by Crippen LogP contribution is -2.23. The molecule has 0 aromatic carbocycles. The Hall–Kier alpha value is -0.260.